The standard InChI is InChI=1S/C13H17N3O4S/c14-8-11-7-12(21(15,17)18)9-16-13(11)20-6-3-10-1-4-19-5-2-10/h7,9-10H,1-6H2,(H2,15,17,18). The maximum Gasteiger partial charge on any atom is 0.239 e. The Morgan fingerprint density at radius 2 is 2.19 bits per heavy atom. The minimum absolute atomic E-state index is 0.0634. The van der Waals surface area contributed by atoms with Crippen molar-refractivity contribution in [3.8, 4) is 11.9 Å². The third-order valence-electron chi connectivity index (χ3n) is 3.38. The Morgan fingerprint density at radius 3 is 2.81 bits per heavy atom. The summed E-state index contributed by atoms with van der Waals surface area (Å²) in [4.78, 5) is 3.67. The van der Waals surface area contributed by atoms with Crippen molar-refractivity contribution in [3.63, 3.8) is 0 Å². The van der Waals surface area contributed by atoms with E-state index in [2.05, 4.69) is 4.98 Å². The summed E-state index contributed by atoms with van der Waals surface area (Å²) in [7, 11) is -3.87. The van der Waals surface area contributed by atoms with Gasteiger partial charge in [0.05, 0.1) is 12.8 Å². The SMILES string of the molecule is N#Cc1cc(S(N)(=O)=O)cnc1OCCC1CCOCC1. The van der Waals surface area contributed by atoms with Gasteiger partial charge in [-0.25, -0.2) is 18.5 Å². The molecule has 0 amide bonds. The summed E-state index contributed by atoms with van der Waals surface area (Å²) in [5, 5.41) is 14.0. The molecule has 1 aromatic heterocycles. The van der Waals surface area contributed by atoms with Crippen LogP contribution in [0.25, 0.3) is 0 Å². The zero-order valence-corrected chi connectivity index (χ0v) is 12.3. The summed E-state index contributed by atoms with van der Waals surface area (Å²) in [6, 6.07) is 3.04. The van der Waals surface area contributed by atoms with Crippen molar-refractivity contribution in [3.05, 3.63) is 17.8 Å². The Hall–Kier alpha value is -1.69. The Bertz CT molecular complexity index is 633. The molecule has 0 bridgehead atoms. The second-order valence-corrected chi connectivity index (χ2v) is 6.43. The molecule has 2 heterocycles. The van der Waals surface area contributed by atoms with Crippen LogP contribution in [0.5, 0.6) is 5.88 Å². The van der Waals surface area contributed by atoms with Gasteiger partial charge in [-0.3, -0.25) is 0 Å². The van der Waals surface area contributed by atoms with Gasteiger partial charge >= 0.3 is 0 Å². The van der Waals surface area contributed by atoms with E-state index in [0.29, 0.717) is 12.5 Å². The van der Waals surface area contributed by atoms with E-state index in [9.17, 15) is 8.42 Å². The van der Waals surface area contributed by atoms with E-state index in [1.165, 1.54) is 6.07 Å². The largest absolute Gasteiger partial charge is 0.477 e. The molecule has 1 saturated heterocycles. The lowest BCUT2D eigenvalue weighted by molar-refractivity contribution is 0.0591. The molecule has 21 heavy (non-hydrogen) atoms. The quantitative estimate of drug-likeness (QED) is 0.859. The van der Waals surface area contributed by atoms with E-state index in [4.69, 9.17) is 19.9 Å². The lowest BCUT2D eigenvalue weighted by Gasteiger charge is -2.21. The summed E-state index contributed by atoms with van der Waals surface area (Å²) in [6.45, 7) is 1.98. The first-order valence-electron chi connectivity index (χ1n) is 6.64. The van der Waals surface area contributed by atoms with Crippen molar-refractivity contribution in [1.29, 1.82) is 5.26 Å². The number of nitrogens with zero attached hydrogens (tertiary/aromatic N) is 2. The molecule has 7 nitrogen and oxygen atoms in total. The van der Waals surface area contributed by atoms with Gasteiger partial charge in [-0.2, -0.15) is 5.26 Å². The predicted octanol–water partition coefficient (Wildman–Crippen LogP) is 0.796. The van der Waals surface area contributed by atoms with Crippen molar-refractivity contribution in [1.82, 2.24) is 4.98 Å². The first-order valence-corrected chi connectivity index (χ1v) is 8.19. The number of ether oxygens (including phenoxy) is 2. The van der Waals surface area contributed by atoms with Crippen LogP contribution in [0.2, 0.25) is 0 Å². The van der Waals surface area contributed by atoms with Crippen LogP contribution in [-0.4, -0.2) is 33.2 Å². The van der Waals surface area contributed by atoms with Gasteiger partial charge in [-0.05, 0) is 31.2 Å². The summed E-state index contributed by atoms with van der Waals surface area (Å²) in [5.41, 5.74) is 0.0634. The van der Waals surface area contributed by atoms with Gasteiger partial charge in [-0.1, -0.05) is 0 Å². The number of pyridine rings is 1. The maximum atomic E-state index is 11.2. The predicted molar refractivity (Wildman–Crippen MR) is 74.0 cm³/mol. The molecule has 0 spiro atoms. The number of hydrogen-bond donors (Lipinski definition) is 1. The minimum Gasteiger partial charge on any atom is -0.477 e. The number of sulfonamides is 1. The average molecular weight is 311 g/mol. The van der Waals surface area contributed by atoms with E-state index in [0.717, 1.165) is 38.7 Å². The first-order chi connectivity index (χ1) is 10.0. The molecule has 2 rings (SSSR count). The normalized spacial score (nSPS) is 16.4. The van der Waals surface area contributed by atoms with Gasteiger partial charge in [0.2, 0.25) is 15.9 Å². The van der Waals surface area contributed by atoms with Crippen LogP contribution in [0.3, 0.4) is 0 Å². The van der Waals surface area contributed by atoms with Gasteiger partial charge < -0.3 is 9.47 Å². The molecule has 0 radical (unpaired) electrons. The van der Waals surface area contributed by atoms with Gasteiger partial charge in [-0.15, -0.1) is 0 Å². The molecule has 1 fully saturated rings. The Balaban J connectivity index is 1.98. The van der Waals surface area contributed by atoms with E-state index >= 15 is 0 Å². The molecule has 0 aromatic carbocycles. The van der Waals surface area contributed by atoms with E-state index in [-0.39, 0.29) is 16.3 Å². The minimum atomic E-state index is -3.87. The Labute approximate surface area is 123 Å². The highest BCUT2D eigenvalue weighted by molar-refractivity contribution is 7.89. The van der Waals surface area contributed by atoms with Gasteiger partial charge in [0, 0.05) is 13.2 Å². The van der Waals surface area contributed by atoms with E-state index in [1.807, 2.05) is 6.07 Å². The van der Waals surface area contributed by atoms with Gasteiger partial charge in [0.15, 0.2) is 0 Å². The van der Waals surface area contributed by atoms with Crippen molar-refractivity contribution >= 4 is 10.0 Å². The summed E-state index contributed by atoms with van der Waals surface area (Å²) >= 11 is 0. The molecule has 2 N–H and O–H groups in total. The zero-order chi connectivity index (χ0) is 15.3. The zero-order valence-electron chi connectivity index (χ0n) is 11.5. The smallest absolute Gasteiger partial charge is 0.239 e. The van der Waals surface area contributed by atoms with Crippen molar-refractivity contribution in [2.75, 3.05) is 19.8 Å². The van der Waals surface area contributed by atoms with Crippen LogP contribution in [0.4, 0.5) is 0 Å². The third-order valence-corrected chi connectivity index (χ3v) is 4.26. The number of nitriles is 1. The highest BCUT2D eigenvalue weighted by atomic mass is 32.2. The molecule has 1 aliphatic rings. The Kier molecular flexibility index (Phi) is 5.12. The van der Waals surface area contributed by atoms with Gasteiger partial charge in [0.25, 0.3) is 0 Å². The molecule has 8 heteroatoms. The lowest BCUT2D eigenvalue weighted by atomic mass is 9.97. The second kappa shape index (κ2) is 6.85. The molecule has 0 saturated carbocycles. The molecule has 0 atom stereocenters. The lowest BCUT2D eigenvalue weighted by Crippen LogP contribution is -2.18. The molecule has 1 aromatic rings. The van der Waals surface area contributed by atoms with Crippen molar-refractivity contribution in [2.24, 2.45) is 11.1 Å². The summed E-state index contributed by atoms with van der Waals surface area (Å²) in [6.07, 6.45) is 3.96. The summed E-state index contributed by atoms with van der Waals surface area (Å²) < 4.78 is 33.2. The highest BCUT2D eigenvalue weighted by Gasteiger charge is 2.16. The summed E-state index contributed by atoms with van der Waals surface area (Å²) in [5.74, 6) is 0.685. The highest BCUT2D eigenvalue weighted by Crippen LogP contribution is 2.21. The van der Waals surface area contributed by atoms with Crippen LogP contribution < -0.4 is 9.88 Å². The topological polar surface area (TPSA) is 115 Å². The van der Waals surface area contributed by atoms with Crippen LogP contribution in [0.15, 0.2) is 17.2 Å². The number of aromatic nitrogens is 1. The Morgan fingerprint density at radius 1 is 1.48 bits per heavy atom. The van der Waals surface area contributed by atoms with E-state index < -0.39 is 10.0 Å². The fourth-order valence-electron chi connectivity index (χ4n) is 2.14. The number of rotatable bonds is 5. The average Bonchev–Trinajstić information content (AvgIpc) is 2.47. The number of primary sulfonamides is 1. The second-order valence-electron chi connectivity index (χ2n) is 4.87. The molecular weight excluding hydrogens is 294 g/mol. The monoisotopic (exact) mass is 311 g/mol. The molecular formula is C13H17N3O4S. The van der Waals surface area contributed by atoms with E-state index in [1.54, 1.807) is 0 Å². The van der Waals surface area contributed by atoms with Crippen LogP contribution in [-0.2, 0) is 14.8 Å². The molecule has 0 unspecified atom stereocenters. The van der Waals surface area contributed by atoms with Crippen LogP contribution >= 0.6 is 0 Å². The van der Waals surface area contributed by atoms with Crippen molar-refractivity contribution in [2.45, 2.75) is 24.2 Å². The number of nitrogens with two attached hydrogens (primary N) is 1. The third kappa shape index (κ3) is 4.39. The fraction of sp³-hybridized carbons (Fsp3) is 0.538. The first kappa shape index (κ1) is 15.7. The molecule has 0 aliphatic carbocycles. The van der Waals surface area contributed by atoms with Crippen molar-refractivity contribution < 1.29 is 17.9 Å². The van der Waals surface area contributed by atoms with Crippen LogP contribution in [0, 0.1) is 17.2 Å². The van der Waals surface area contributed by atoms with Crippen LogP contribution in [0.1, 0.15) is 24.8 Å². The maximum absolute atomic E-state index is 11.2. The fourth-order valence-corrected chi connectivity index (χ4v) is 2.62. The molecule has 114 valence electrons. The molecule has 1 aliphatic heterocycles. The van der Waals surface area contributed by atoms with Gasteiger partial charge in [0.1, 0.15) is 16.5 Å². The number of hydrogen-bond acceptors (Lipinski definition) is 6.